The van der Waals surface area contributed by atoms with E-state index in [2.05, 4.69) is 36.4 Å². The average Bonchev–Trinajstić information content (AvgIpc) is 3.24. The maximum atomic E-state index is 5.91. The van der Waals surface area contributed by atoms with Gasteiger partial charge < -0.3 is 20.1 Å². The molecule has 3 aliphatic rings. The van der Waals surface area contributed by atoms with Gasteiger partial charge in [0, 0.05) is 50.8 Å². The van der Waals surface area contributed by atoms with E-state index in [-0.39, 0.29) is 29.4 Å². The Labute approximate surface area is 176 Å². The quantitative estimate of drug-likeness (QED) is 0.254. The summed E-state index contributed by atoms with van der Waals surface area (Å²) in [5.41, 5.74) is 0.555. The number of nitrogens with zero attached hydrogens (tertiary/aromatic N) is 1. The molecule has 5 nitrogen and oxygen atoms in total. The number of nitrogens with one attached hydrogen (secondary N) is 2. The molecule has 0 aromatic heterocycles. The zero-order valence-electron chi connectivity index (χ0n) is 17.0. The van der Waals surface area contributed by atoms with Crippen molar-refractivity contribution in [2.45, 2.75) is 71.4 Å². The van der Waals surface area contributed by atoms with E-state index in [1.807, 2.05) is 7.05 Å². The Morgan fingerprint density at radius 2 is 2.00 bits per heavy atom. The minimum atomic E-state index is 0. The van der Waals surface area contributed by atoms with E-state index in [1.165, 1.54) is 32.1 Å². The van der Waals surface area contributed by atoms with Gasteiger partial charge in [-0.2, -0.15) is 0 Å². The number of aliphatic imine (C=N–C) groups is 1. The van der Waals surface area contributed by atoms with Crippen molar-refractivity contribution in [3.05, 3.63) is 0 Å². The maximum Gasteiger partial charge on any atom is 0.191 e. The molecule has 6 heteroatoms. The normalized spacial score (nSPS) is 31.7. The van der Waals surface area contributed by atoms with Crippen LogP contribution in [0.25, 0.3) is 0 Å². The van der Waals surface area contributed by atoms with Crippen LogP contribution in [-0.4, -0.2) is 51.5 Å². The summed E-state index contributed by atoms with van der Waals surface area (Å²) >= 11 is 0. The van der Waals surface area contributed by atoms with Gasteiger partial charge in [-0.25, -0.2) is 0 Å². The molecule has 26 heavy (non-hydrogen) atoms. The van der Waals surface area contributed by atoms with Crippen molar-refractivity contribution in [1.82, 2.24) is 10.6 Å². The topological polar surface area (TPSA) is 54.9 Å². The summed E-state index contributed by atoms with van der Waals surface area (Å²) in [5, 5.41) is 7.34. The largest absolute Gasteiger partial charge is 0.382 e. The van der Waals surface area contributed by atoms with Crippen LogP contribution in [0.3, 0.4) is 0 Å². The van der Waals surface area contributed by atoms with Crippen LogP contribution in [0.15, 0.2) is 4.99 Å². The lowest BCUT2D eigenvalue weighted by molar-refractivity contribution is -0.106. The van der Waals surface area contributed by atoms with Gasteiger partial charge in [0.1, 0.15) is 0 Å². The Balaban J connectivity index is 0.00000243. The van der Waals surface area contributed by atoms with Gasteiger partial charge >= 0.3 is 0 Å². The number of hydrogen-bond donors (Lipinski definition) is 2. The molecule has 0 spiro atoms. The van der Waals surface area contributed by atoms with Crippen molar-refractivity contribution in [2.24, 2.45) is 21.7 Å². The number of guanidine groups is 1. The third kappa shape index (κ3) is 4.49. The van der Waals surface area contributed by atoms with E-state index in [4.69, 9.17) is 9.47 Å². The lowest BCUT2D eigenvalue weighted by Gasteiger charge is -2.55. The fourth-order valence-electron chi connectivity index (χ4n) is 5.30. The number of fused-ring (bicyclic) bond motifs is 1. The van der Waals surface area contributed by atoms with Crippen LogP contribution in [0.5, 0.6) is 0 Å². The number of hydrogen-bond acceptors (Lipinski definition) is 3. The second-order valence-electron chi connectivity index (χ2n) is 8.77. The van der Waals surface area contributed by atoms with Gasteiger partial charge in [-0.1, -0.05) is 26.7 Å². The van der Waals surface area contributed by atoms with Gasteiger partial charge in [0.15, 0.2) is 5.96 Å². The van der Waals surface area contributed by atoms with Crippen LogP contribution in [0.1, 0.15) is 59.3 Å². The fraction of sp³-hybridized carbons (Fsp3) is 0.950. The van der Waals surface area contributed by atoms with Crippen molar-refractivity contribution in [1.29, 1.82) is 0 Å². The summed E-state index contributed by atoms with van der Waals surface area (Å²) in [6.45, 7) is 10.3. The van der Waals surface area contributed by atoms with E-state index in [9.17, 15) is 0 Å². The van der Waals surface area contributed by atoms with Gasteiger partial charge in [-0.3, -0.25) is 4.99 Å². The predicted molar refractivity (Wildman–Crippen MR) is 117 cm³/mol. The van der Waals surface area contributed by atoms with Gasteiger partial charge in [0.05, 0.1) is 6.10 Å². The van der Waals surface area contributed by atoms with E-state index in [1.54, 1.807) is 0 Å². The van der Waals surface area contributed by atoms with Crippen LogP contribution < -0.4 is 10.6 Å². The lowest BCUT2D eigenvalue weighted by atomic mass is 9.57. The summed E-state index contributed by atoms with van der Waals surface area (Å²) < 4.78 is 11.5. The number of rotatable bonds is 7. The molecule has 2 N–H and O–H groups in total. The van der Waals surface area contributed by atoms with Gasteiger partial charge in [-0.15, -0.1) is 24.0 Å². The van der Waals surface area contributed by atoms with E-state index >= 15 is 0 Å². The Morgan fingerprint density at radius 1 is 1.27 bits per heavy atom. The van der Waals surface area contributed by atoms with Crippen molar-refractivity contribution < 1.29 is 9.47 Å². The average molecular weight is 479 g/mol. The van der Waals surface area contributed by atoms with E-state index in [0.717, 1.165) is 38.7 Å². The smallest absolute Gasteiger partial charge is 0.191 e. The predicted octanol–water partition coefficient (Wildman–Crippen LogP) is 3.57. The van der Waals surface area contributed by atoms with Crippen molar-refractivity contribution in [2.75, 3.05) is 33.4 Å². The minimum absolute atomic E-state index is 0. The van der Waals surface area contributed by atoms with Crippen molar-refractivity contribution in [3.63, 3.8) is 0 Å². The molecule has 0 radical (unpaired) electrons. The standard InChI is InChI=1S/C20H37N3O2.HI/c1-5-24-13-11-20(9-6-7-10-20)14-22-18(21-4)23-16-15-8-12-25-17(15)19(16,2)3;/h15-17H,5-14H2,1-4H3,(H2,21,22,23);1H. The highest BCUT2D eigenvalue weighted by Crippen LogP contribution is 2.52. The van der Waals surface area contributed by atoms with E-state index < -0.39 is 0 Å². The van der Waals surface area contributed by atoms with Crippen LogP contribution in [-0.2, 0) is 9.47 Å². The van der Waals surface area contributed by atoms with Crippen LogP contribution in [0, 0.1) is 16.7 Å². The maximum absolute atomic E-state index is 5.91. The Hall–Kier alpha value is -0.0800. The molecular weight excluding hydrogens is 441 g/mol. The zero-order chi connectivity index (χ0) is 17.9. The van der Waals surface area contributed by atoms with Gasteiger partial charge in [-0.05, 0) is 38.0 Å². The molecule has 1 heterocycles. The minimum Gasteiger partial charge on any atom is -0.382 e. The number of halogens is 1. The molecule has 0 amide bonds. The van der Waals surface area contributed by atoms with Gasteiger partial charge in [0.25, 0.3) is 0 Å². The molecule has 0 aromatic rings. The van der Waals surface area contributed by atoms with Crippen molar-refractivity contribution in [3.8, 4) is 0 Å². The van der Waals surface area contributed by atoms with Crippen LogP contribution >= 0.6 is 24.0 Å². The Kier molecular flexibility index (Phi) is 8.04. The highest BCUT2D eigenvalue weighted by molar-refractivity contribution is 14.0. The first-order valence-corrected chi connectivity index (χ1v) is 10.2. The first-order valence-electron chi connectivity index (χ1n) is 10.2. The summed E-state index contributed by atoms with van der Waals surface area (Å²) in [4.78, 5) is 4.50. The molecular formula is C20H38IN3O2. The summed E-state index contributed by atoms with van der Waals surface area (Å²) in [6, 6.07) is 0.453. The Morgan fingerprint density at radius 3 is 2.65 bits per heavy atom. The zero-order valence-corrected chi connectivity index (χ0v) is 19.3. The van der Waals surface area contributed by atoms with Crippen LogP contribution in [0.2, 0.25) is 0 Å². The Bertz CT molecular complexity index is 478. The molecule has 3 unspecified atom stereocenters. The third-order valence-corrected chi connectivity index (χ3v) is 6.89. The molecule has 2 saturated carbocycles. The summed E-state index contributed by atoms with van der Waals surface area (Å²) in [7, 11) is 1.88. The molecule has 3 rings (SSSR count). The first-order chi connectivity index (χ1) is 12.0. The van der Waals surface area contributed by atoms with E-state index in [0.29, 0.717) is 23.5 Å². The number of ether oxygens (including phenoxy) is 2. The van der Waals surface area contributed by atoms with Crippen molar-refractivity contribution >= 4 is 29.9 Å². The summed E-state index contributed by atoms with van der Waals surface area (Å²) in [6.07, 6.45) is 8.03. The molecule has 1 saturated heterocycles. The molecule has 152 valence electrons. The van der Waals surface area contributed by atoms with Gasteiger partial charge in [0.2, 0.25) is 0 Å². The fourth-order valence-corrected chi connectivity index (χ4v) is 5.30. The molecule has 0 aromatic carbocycles. The highest BCUT2D eigenvalue weighted by Gasteiger charge is 2.59. The SMILES string of the molecule is CCOCCC1(CNC(=NC)NC2C3CCOC3C2(C)C)CCCC1.I. The lowest BCUT2D eigenvalue weighted by Crippen LogP contribution is -2.68. The molecule has 3 atom stereocenters. The molecule has 3 fully saturated rings. The second kappa shape index (κ2) is 9.41. The molecule has 0 bridgehead atoms. The summed E-state index contributed by atoms with van der Waals surface area (Å²) in [5.74, 6) is 1.58. The monoisotopic (exact) mass is 479 g/mol. The molecule has 2 aliphatic carbocycles. The van der Waals surface area contributed by atoms with Crippen LogP contribution in [0.4, 0.5) is 0 Å². The second-order valence-corrected chi connectivity index (χ2v) is 8.77. The third-order valence-electron chi connectivity index (χ3n) is 6.89. The molecule has 1 aliphatic heterocycles. The first kappa shape index (κ1) is 22.2. The highest BCUT2D eigenvalue weighted by atomic mass is 127.